The van der Waals surface area contributed by atoms with E-state index in [1.807, 2.05) is 0 Å². The molecule has 10 nitrogen and oxygen atoms in total. The van der Waals surface area contributed by atoms with Gasteiger partial charge < -0.3 is 39.4 Å². The molecule has 2 aromatic carbocycles. The van der Waals surface area contributed by atoms with Crippen LogP contribution in [-0.4, -0.2) is 61.8 Å². The Bertz CT molecular complexity index is 1100. The number of rotatable bonds is 32. The SMILES string of the molecule is CCCCCCCCCCCCOCCOc1ccc(C(=O)O)c([O-])c1.CCCCCCCCCCCCOCCOc1ccc(C(=O)O)c([O-])c1.[Zn+2]. The first kappa shape index (κ1) is 50.1. The van der Waals surface area contributed by atoms with Crippen LogP contribution in [0.4, 0.5) is 0 Å². The van der Waals surface area contributed by atoms with Gasteiger partial charge in [0.15, 0.2) is 0 Å². The molecule has 0 amide bonds. The van der Waals surface area contributed by atoms with Crippen LogP contribution in [0.15, 0.2) is 36.4 Å². The van der Waals surface area contributed by atoms with Crippen LogP contribution >= 0.6 is 0 Å². The summed E-state index contributed by atoms with van der Waals surface area (Å²) in [6, 6.07) is 7.92. The van der Waals surface area contributed by atoms with Crippen LogP contribution < -0.4 is 19.7 Å². The molecule has 2 rings (SSSR count). The van der Waals surface area contributed by atoms with Gasteiger partial charge in [-0.15, -0.1) is 0 Å². The molecule has 53 heavy (non-hydrogen) atoms. The third-order valence-electron chi connectivity index (χ3n) is 8.64. The van der Waals surface area contributed by atoms with E-state index in [4.69, 9.17) is 29.2 Å². The molecule has 0 heterocycles. The third kappa shape index (κ3) is 27.4. The summed E-state index contributed by atoms with van der Waals surface area (Å²) in [5.74, 6) is -2.77. The molecule has 0 aromatic heterocycles. The van der Waals surface area contributed by atoms with Crippen LogP contribution in [-0.2, 0) is 29.0 Å². The Morgan fingerprint density at radius 3 is 1.06 bits per heavy atom. The van der Waals surface area contributed by atoms with Crippen molar-refractivity contribution in [2.75, 3.05) is 39.6 Å². The number of carboxylic acids is 2. The Hall–Kier alpha value is -2.88. The van der Waals surface area contributed by atoms with Crippen molar-refractivity contribution in [1.29, 1.82) is 0 Å². The normalized spacial score (nSPS) is 10.6. The molecule has 0 spiro atoms. The molecular formula is C42H66O10Zn. The minimum atomic E-state index is -1.22. The number of aromatic carboxylic acids is 2. The van der Waals surface area contributed by atoms with E-state index in [1.54, 1.807) is 0 Å². The third-order valence-corrected chi connectivity index (χ3v) is 8.64. The van der Waals surface area contributed by atoms with Crippen LogP contribution in [0.3, 0.4) is 0 Å². The van der Waals surface area contributed by atoms with E-state index in [0.717, 1.165) is 26.1 Å². The molecule has 0 unspecified atom stereocenters. The van der Waals surface area contributed by atoms with Crippen molar-refractivity contribution >= 4 is 11.9 Å². The van der Waals surface area contributed by atoms with Crippen molar-refractivity contribution in [1.82, 2.24) is 0 Å². The summed E-state index contributed by atoms with van der Waals surface area (Å²) in [6.45, 7) is 7.57. The maximum atomic E-state index is 11.5. The summed E-state index contributed by atoms with van der Waals surface area (Å²) < 4.78 is 21.9. The predicted octanol–water partition coefficient (Wildman–Crippen LogP) is 9.55. The molecule has 0 aliphatic heterocycles. The van der Waals surface area contributed by atoms with Crippen LogP contribution in [0.5, 0.6) is 23.0 Å². The average Bonchev–Trinajstić information content (AvgIpc) is 3.12. The molecule has 0 radical (unpaired) electrons. The molecule has 2 aromatic rings. The predicted molar refractivity (Wildman–Crippen MR) is 202 cm³/mol. The van der Waals surface area contributed by atoms with Gasteiger partial charge in [-0.05, 0) is 49.2 Å². The molecule has 0 saturated heterocycles. The van der Waals surface area contributed by atoms with Gasteiger partial charge in [-0.1, -0.05) is 141 Å². The Balaban J connectivity index is 0.00000100. The summed E-state index contributed by atoms with van der Waals surface area (Å²) in [5.41, 5.74) is -0.482. The Morgan fingerprint density at radius 2 is 0.774 bits per heavy atom. The topological polar surface area (TPSA) is 158 Å². The minimum Gasteiger partial charge on any atom is -0.872 e. The smallest absolute Gasteiger partial charge is 0.872 e. The zero-order valence-corrected chi connectivity index (χ0v) is 35.7. The van der Waals surface area contributed by atoms with E-state index in [1.165, 1.54) is 152 Å². The number of hydrogen-bond acceptors (Lipinski definition) is 8. The van der Waals surface area contributed by atoms with Gasteiger partial charge in [0.1, 0.15) is 24.7 Å². The summed E-state index contributed by atoms with van der Waals surface area (Å²) in [5, 5.41) is 40.7. The van der Waals surface area contributed by atoms with Crippen molar-refractivity contribution in [2.24, 2.45) is 0 Å². The molecule has 11 heteroatoms. The number of ether oxygens (including phenoxy) is 4. The van der Waals surface area contributed by atoms with Gasteiger partial charge in [-0.3, -0.25) is 0 Å². The fraction of sp³-hybridized carbons (Fsp3) is 0.667. The summed E-state index contributed by atoms with van der Waals surface area (Å²) in [6.07, 6.45) is 26.0. The summed E-state index contributed by atoms with van der Waals surface area (Å²) in [7, 11) is 0. The van der Waals surface area contributed by atoms with Gasteiger partial charge in [-0.2, -0.15) is 0 Å². The maximum absolute atomic E-state index is 11.5. The van der Waals surface area contributed by atoms with Crippen molar-refractivity contribution in [3.63, 3.8) is 0 Å². The van der Waals surface area contributed by atoms with E-state index < -0.39 is 23.4 Å². The summed E-state index contributed by atoms with van der Waals surface area (Å²) in [4.78, 5) is 21.5. The van der Waals surface area contributed by atoms with Crippen LogP contribution in [0.25, 0.3) is 0 Å². The number of benzene rings is 2. The summed E-state index contributed by atoms with van der Waals surface area (Å²) >= 11 is 0. The number of carboxylic acid groups (broad SMARTS) is 2. The fourth-order valence-electron chi connectivity index (χ4n) is 5.56. The minimum absolute atomic E-state index is 0. The van der Waals surface area contributed by atoms with Crippen LogP contribution in [0, 0.1) is 0 Å². The molecular weight excluding hydrogens is 730 g/mol. The van der Waals surface area contributed by atoms with E-state index in [2.05, 4.69) is 13.8 Å². The Morgan fingerprint density at radius 1 is 0.472 bits per heavy atom. The van der Waals surface area contributed by atoms with Gasteiger partial charge in [0.25, 0.3) is 0 Å². The largest absolute Gasteiger partial charge is 2.00 e. The van der Waals surface area contributed by atoms with E-state index in [-0.39, 0.29) is 30.6 Å². The average molecular weight is 796 g/mol. The first-order valence-electron chi connectivity index (χ1n) is 19.8. The van der Waals surface area contributed by atoms with E-state index >= 15 is 0 Å². The van der Waals surface area contributed by atoms with E-state index in [9.17, 15) is 19.8 Å². The van der Waals surface area contributed by atoms with Crippen molar-refractivity contribution in [3.8, 4) is 23.0 Å². The number of hydrogen-bond donors (Lipinski definition) is 2. The second-order valence-corrected chi connectivity index (χ2v) is 13.2. The molecule has 0 atom stereocenters. The molecule has 0 aliphatic carbocycles. The zero-order valence-electron chi connectivity index (χ0n) is 32.7. The van der Waals surface area contributed by atoms with Crippen molar-refractivity contribution in [2.45, 2.75) is 142 Å². The molecule has 0 fully saturated rings. The molecule has 0 aliphatic rings. The number of carbonyl (C=O) groups is 2. The first-order valence-corrected chi connectivity index (χ1v) is 19.8. The molecule has 0 saturated carbocycles. The first-order chi connectivity index (χ1) is 25.3. The monoisotopic (exact) mass is 794 g/mol. The van der Waals surface area contributed by atoms with Crippen molar-refractivity contribution in [3.05, 3.63) is 47.5 Å². The second-order valence-electron chi connectivity index (χ2n) is 13.2. The van der Waals surface area contributed by atoms with Gasteiger partial charge in [-0.25, -0.2) is 9.59 Å². The zero-order chi connectivity index (χ0) is 38.1. The molecule has 0 bridgehead atoms. The fourth-order valence-corrected chi connectivity index (χ4v) is 5.56. The van der Waals surface area contributed by atoms with Crippen molar-refractivity contribution < 1.29 is 68.4 Å². The second kappa shape index (κ2) is 34.9. The maximum Gasteiger partial charge on any atom is 2.00 e. The van der Waals surface area contributed by atoms with Gasteiger partial charge >= 0.3 is 31.4 Å². The quantitative estimate of drug-likeness (QED) is 0.0540. The standard InChI is InChI=1S/2C21H34O5.Zn/c2*1-2-3-4-5-6-7-8-9-10-11-14-25-15-16-26-18-12-13-19(21(23)24)20(22)17-18;/h2*12-13,17,22H,2-11,14-16H2,1H3,(H,23,24);/q;;+2/p-2. The van der Waals surface area contributed by atoms with Gasteiger partial charge in [0.2, 0.25) is 0 Å². The van der Waals surface area contributed by atoms with Gasteiger partial charge in [0.05, 0.1) is 24.3 Å². The van der Waals surface area contributed by atoms with Crippen LogP contribution in [0.1, 0.15) is 163 Å². The number of unbranched alkanes of at least 4 members (excludes halogenated alkanes) is 18. The Labute approximate surface area is 331 Å². The molecule has 296 valence electrons. The Kier molecular flexibility index (Phi) is 33.0. The van der Waals surface area contributed by atoms with Crippen LogP contribution in [0.2, 0.25) is 0 Å². The van der Waals surface area contributed by atoms with E-state index in [0.29, 0.717) is 37.9 Å². The van der Waals surface area contributed by atoms with Gasteiger partial charge in [0, 0.05) is 13.2 Å². The molecule has 2 N–H and O–H groups in total.